The van der Waals surface area contributed by atoms with Crippen LogP contribution < -0.4 is 10.1 Å². The van der Waals surface area contributed by atoms with Crippen molar-refractivity contribution in [2.45, 2.75) is 26.4 Å². The molecule has 28 heavy (non-hydrogen) atoms. The van der Waals surface area contributed by atoms with Crippen molar-refractivity contribution in [3.8, 4) is 5.75 Å². The molecular weight excluding hydrogens is 378 g/mol. The van der Waals surface area contributed by atoms with Crippen LogP contribution in [0.25, 0.3) is 0 Å². The number of carbonyl (C=O) groups is 1. The van der Waals surface area contributed by atoms with E-state index in [1.165, 1.54) is 7.11 Å². The van der Waals surface area contributed by atoms with Crippen LogP contribution in [0.2, 0.25) is 5.02 Å². The maximum atomic E-state index is 11.7. The maximum absolute atomic E-state index is 11.7. The molecule has 0 aromatic heterocycles. The van der Waals surface area contributed by atoms with E-state index in [2.05, 4.69) is 10.1 Å². The third kappa shape index (κ3) is 4.49. The van der Waals surface area contributed by atoms with E-state index in [1.54, 1.807) is 0 Å². The molecule has 0 bridgehead atoms. The highest BCUT2D eigenvalue weighted by Gasteiger charge is 2.28. The molecule has 0 fully saturated rings. The minimum Gasteiger partial charge on any atom is -0.489 e. The highest BCUT2D eigenvalue weighted by atomic mass is 35.5. The standard InChI is InChI=1S/C22H22ClNO4/c1-14-12-18(21(15(2)24-14)28-22(25)26-3)17-9-5-7-11-20(17)27-13-16-8-4-6-10-19(16)23/h4-12,18,24H,13H2,1-3H3. The zero-order valence-corrected chi connectivity index (χ0v) is 16.7. The van der Waals surface area contributed by atoms with E-state index in [9.17, 15) is 4.79 Å². The van der Waals surface area contributed by atoms with Gasteiger partial charge in [0.25, 0.3) is 0 Å². The number of hydrogen-bond acceptors (Lipinski definition) is 5. The molecular formula is C22H22ClNO4. The minimum absolute atomic E-state index is 0.289. The zero-order chi connectivity index (χ0) is 20.1. The molecule has 0 saturated heterocycles. The Kier molecular flexibility index (Phi) is 6.26. The molecule has 146 valence electrons. The van der Waals surface area contributed by atoms with Gasteiger partial charge in [-0.3, -0.25) is 0 Å². The van der Waals surface area contributed by atoms with E-state index in [0.717, 1.165) is 22.5 Å². The largest absolute Gasteiger partial charge is 0.513 e. The predicted molar refractivity (Wildman–Crippen MR) is 108 cm³/mol. The molecule has 1 aliphatic heterocycles. The Morgan fingerprint density at radius 3 is 2.57 bits per heavy atom. The Bertz CT molecular complexity index is 936. The average Bonchev–Trinajstić information content (AvgIpc) is 2.69. The lowest BCUT2D eigenvalue weighted by Gasteiger charge is -2.27. The zero-order valence-electron chi connectivity index (χ0n) is 16.0. The molecule has 0 aliphatic carbocycles. The second-order valence-electron chi connectivity index (χ2n) is 6.42. The number of ether oxygens (including phenoxy) is 3. The van der Waals surface area contributed by atoms with Gasteiger partial charge in [-0.05, 0) is 26.0 Å². The van der Waals surface area contributed by atoms with Crippen molar-refractivity contribution in [2.24, 2.45) is 0 Å². The number of carbonyl (C=O) groups excluding carboxylic acids is 1. The van der Waals surface area contributed by atoms with Crippen molar-refractivity contribution in [1.29, 1.82) is 0 Å². The summed E-state index contributed by atoms with van der Waals surface area (Å²) in [6.07, 6.45) is 1.23. The Hall–Kier alpha value is -2.92. The number of benzene rings is 2. The summed E-state index contributed by atoms with van der Waals surface area (Å²) in [7, 11) is 1.28. The summed E-state index contributed by atoms with van der Waals surface area (Å²) >= 11 is 6.24. The summed E-state index contributed by atoms with van der Waals surface area (Å²) in [6, 6.07) is 15.2. The Balaban J connectivity index is 1.92. The number of hydrogen-bond donors (Lipinski definition) is 1. The Labute approximate surface area is 169 Å². The van der Waals surface area contributed by atoms with E-state index in [0.29, 0.717) is 23.1 Å². The van der Waals surface area contributed by atoms with Gasteiger partial charge in [-0.1, -0.05) is 54.1 Å². The first-order chi connectivity index (χ1) is 13.5. The first-order valence-electron chi connectivity index (χ1n) is 8.86. The van der Waals surface area contributed by atoms with Crippen LogP contribution in [0.1, 0.15) is 30.9 Å². The van der Waals surface area contributed by atoms with Gasteiger partial charge in [0.1, 0.15) is 18.1 Å². The molecule has 0 spiro atoms. The molecule has 1 heterocycles. The first kappa shape index (κ1) is 19.8. The highest BCUT2D eigenvalue weighted by molar-refractivity contribution is 6.31. The summed E-state index contributed by atoms with van der Waals surface area (Å²) in [5.74, 6) is 0.881. The first-order valence-corrected chi connectivity index (χ1v) is 9.24. The molecule has 2 aromatic carbocycles. The number of dihydropyridines is 1. The number of para-hydroxylation sites is 1. The molecule has 6 heteroatoms. The van der Waals surface area contributed by atoms with Gasteiger partial charge in [-0.2, -0.15) is 0 Å². The van der Waals surface area contributed by atoms with Crippen LogP contribution in [0.4, 0.5) is 4.79 Å². The van der Waals surface area contributed by atoms with Crippen molar-refractivity contribution >= 4 is 17.8 Å². The molecule has 2 aromatic rings. The number of nitrogens with one attached hydrogen (secondary N) is 1. The smallest absolute Gasteiger partial charge is 0.489 e. The van der Waals surface area contributed by atoms with Gasteiger partial charge in [-0.15, -0.1) is 0 Å². The number of methoxy groups -OCH3 is 1. The van der Waals surface area contributed by atoms with Crippen LogP contribution in [0, 0.1) is 0 Å². The second-order valence-corrected chi connectivity index (χ2v) is 6.82. The summed E-state index contributed by atoms with van der Waals surface area (Å²) in [6.45, 7) is 4.15. The Morgan fingerprint density at radius 1 is 1.11 bits per heavy atom. The van der Waals surface area contributed by atoms with E-state index < -0.39 is 6.16 Å². The third-order valence-corrected chi connectivity index (χ3v) is 4.78. The molecule has 3 rings (SSSR count). The average molecular weight is 400 g/mol. The Morgan fingerprint density at radius 2 is 1.82 bits per heavy atom. The van der Waals surface area contributed by atoms with Gasteiger partial charge >= 0.3 is 6.16 Å². The number of allylic oxidation sites excluding steroid dienone is 3. The quantitative estimate of drug-likeness (QED) is 0.670. The summed E-state index contributed by atoms with van der Waals surface area (Å²) in [5.41, 5.74) is 3.49. The molecule has 1 atom stereocenters. The molecule has 0 saturated carbocycles. The topological polar surface area (TPSA) is 56.8 Å². The van der Waals surface area contributed by atoms with Gasteiger partial charge in [0.05, 0.1) is 18.7 Å². The van der Waals surface area contributed by atoms with Crippen molar-refractivity contribution in [1.82, 2.24) is 5.32 Å². The number of rotatable bonds is 5. The molecule has 1 aliphatic rings. The SMILES string of the molecule is COC(=O)OC1=C(C)NC(C)=CC1c1ccccc1OCc1ccccc1Cl. The summed E-state index contributed by atoms with van der Waals surface area (Å²) < 4.78 is 16.2. The molecule has 0 amide bonds. The highest BCUT2D eigenvalue weighted by Crippen LogP contribution is 2.38. The van der Waals surface area contributed by atoms with Crippen LogP contribution >= 0.6 is 11.6 Å². The number of halogens is 1. The fourth-order valence-corrected chi connectivity index (χ4v) is 3.29. The van der Waals surface area contributed by atoms with Crippen LogP contribution in [-0.4, -0.2) is 13.3 Å². The minimum atomic E-state index is -0.761. The van der Waals surface area contributed by atoms with Crippen LogP contribution in [0.15, 0.2) is 71.8 Å². The van der Waals surface area contributed by atoms with Crippen LogP contribution in [0.5, 0.6) is 5.75 Å². The molecule has 1 N–H and O–H groups in total. The summed E-state index contributed by atoms with van der Waals surface area (Å²) in [4.78, 5) is 11.7. The second kappa shape index (κ2) is 8.85. The fraction of sp³-hybridized carbons (Fsp3) is 0.227. The monoisotopic (exact) mass is 399 g/mol. The lowest BCUT2D eigenvalue weighted by molar-refractivity contribution is 0.0923. The fourth-order valence-electron chi connectivity index (χ4n) is 3.10. The van der Waals surface area contributed by atoms with Crippen molar-refractivity contribution in [3.63, 3.8) is 0 Å². The van der Waals surface area contributed by atoms with Gasteiger partial charge in [0.2, 0.25) is 0 Å². The van der Waals surface area contributed by atoms with Crippen molar-refractivity contribution in [2.75, 3.05) is 7.11 Å². The summed E-state index contributed by atoms with van der Waals surface area (Å²) in [5, 5.41) is 3.85. The van der Waals surface area contributed by atoms with Crippen molar-refractivity contribution in [3.05, 3.63) is 87.9 Å². The molecule has 5 nitrogen and oxygen atoms in total. The van der Waals surface area contributed by atoms with Crippen LogP contribution in [0.3, 0.4) is 0 Å². The molecule has 0 radical (unpaired) electrons. The van der Waals surface area contributed by atoms with Gasteiger partial charge in [0, 0.05) is 21.8 Å². The predicted octanol–water partition coefficient (Wildman–Crippen LogP) is 5.52. The lowest BCUT2D eigenvalue weighted by Crippen LogP contribution is -2.23. The molecule has 1 unspecified atom stereocenters. The lowest BCUT2D eigenvalue weighted by atomic mass is 9.92. The van der Waals surface area contributed by atoms with E-state index in [-0.39, 0.29) is 5.92 Å². The van der Waals surface area contributed by atoms with E-state index >= 15 is 0 Å². The third-order valence-electron chi connectivity index (χ3n) is 4.41. The van der Waals surface area contributed by atoms with Crippen molar-refractivity contribution < 1.29 is 19.0 Å². The van der Waals surface area contributed by atoms with Crippen LogP contribution in [-0.2, 0) is 16.1 Å². The van der Waals surface area contributed by atoms with Gasteiger partial charge in [0.15, 0.2) is 0 Å². The van der Waals surface area contributed by atoms with Gasteiger partial charge < -0.3 is 19.5 Å². The maximum Gasteiger partial charge on any atom is 0.513 e. The van der Waals surface area contributed by atoms with Gasteiger partial charge in [-0.25, -0.2) is 4.79 Å². The van der Waals surface area contributed by atoms with E-state index in [1.807, 2.05) is 68.5 Å². The van der Waals surface area contributed by atoms with E-state index in [4.69, 9.17) is 21.1 Å². The normalized spacial score (nSPS) is 16.1.